The van der Waals surface area contributed by atoms with Gasteiger partial charge in [-0.25, -0.2) is 15.2 Å². The average Bonchev–Trinajstić information content (AvgIpc) is 3.18. The van der Waals surface area contributed by atoms with Gasteiger partial charge < -0.3 is 5.32 Å². The van der Waals surface area contributed by atoms with Gasteiger partial charge >= 0.3 is 0 Å². The molecule has 6 heteroatoms. The average molecular weight is 384 g/mol. The van der Waals surface area contributed by atoms with Gasteiger partial charge in [-0.05, 0) is 40.5 Å². The summed E-state index contributed by atoms with van der Waals surface area (Å²) >= 11 is 5.78. The zero-order valence-corrected chi connectivity index (χ0v) is 15.3. The molecule has 1 saturated heterocycles. The number of amides is 1. The Kier molecular flexibility index (Phi) is 5.07. The van der Waals surface area contributed by atoms with Gasteiger partial charge in [-0.15, -0.1) is 0 Å². The first-order valence-electron chi connectivity index (χ1n) is 8.82. The molecular formula is C21H19ClFN3O. The monoisotopic (exact) mass is 383 g/mol. The van der Waals surface area contributed by atoms with Crippen molar-refractivity contribution < 1.29 is 9.18 Å². The second-order valence-corrected chi connectivity index (χ2v) is 7.07. The summed E-state index contributed by atoms with van der Waals surface area (Å²) in [7, 11) is 0. The minimum Gasteiger partial charge on any atom is -0.351 e. The quantitative estimate of drug-likeness (QED) is 0.641. The van der Waals surface area contributed by atoms with E-state index in [0.717, 1.165) is 5.56 Å². The van der Waals surface area contributed by atoms with Gasteiger partial charge in [0.25, 0.3) is 0 Å². The van der Waals surface area contributed by atoms with E-state index in [4.69, 9.17) is 11.6 Å². The Hall–Kier alpha value is -2.47. The fourth-order valence-corrected chi connectivity index (χ4v) is 3.65. The molecule has 2 atom stereocenters. The lowest BCUT2D eigenvalue weighted by molar-refractivity contribution is -0.123. The number of hydrazine groups is 1. The first-order chi connectivity index (χ1) is 13.1. The normalized spacial score (nSPS) is 19.3. The van der Waals surface area contributed by atoms with Crippen LogP contribution in [-0.2, 0) is 11.3 Å². The number of carbonyl (C=O) groups excluding carboxylic acids is 1. The first kappa shape index (κ1) is 17.9. The van der Waals surface area contributed by atoms with E-state index in [1.165, 1.54) is 28.5 Å². The molecule has 0 radical (unpaired) electrons. The van der Waals surface area contributed by atoms with Crippen molar-refractivity contribution in [1.82, 2.24) is 16.2 Å². The number of hydrogen-bond acceptors (Lipinski definition) is 3. The molecule has 4 rings (SSSR count). The molecule has 1 amide bonds. The van der Waals surface area contributed by atoms with Gasteiger partial charge in [0.15, 0.2) is 0 Å². The minimum atomic E-state index is -0.466. The highest BCUT2D eigenvalue weighted by molar-refractivity contribution is 6.30. The number of carbonyl (C=O) groups is 1. The Morgan fingerprint density at radius 1 is 1.11 bits per heavy atom. The molecule has 1 fully saturated rings. The van der Waals surface area contributed by atoms with E-state index in [1.807, 2.05) is 18.2 Å². The molecule has 0 spiro atoms. The van der Waals surface area contributed by atoms with Gasteiger partial charge in [0.1, 0.15) is 11.9 Å². The molecule has 3 aromatic carbocycles. The molecule has 0 aromatic heterocycles. The second kappa shape index (κ2) is 7.64. The van der Waals surface area contributed by atoms with Gasteiger partial charge in [0.2, 0.25) is 5.91 Å². The standard InChI is InChI=1S/C21H19ClFN3O/c22-17-10-13(8-9-18(17)23)12-24-21(27)20-11-19(25-26-20)16-7-3-5-14-4-1-2-6-15(14)16/h1-10,19-20,25-26H,11-12H2,(H,24,27). The molecule has 1 heterocycles. The Morgan fingerprint density at radius 2 is 1.93 bits per heavy atom. The maximum Gasteiger partial charge on any atom is 0.238 e. The maximum absolute atomic E-state index is 13.2. The zero-order valence-electron chi connectivity index (χ0n) is 14.5. The third-order valence-electron chi connectivity index (χ3n) is 4.87. The highest BCUT2D eigenvalue weighted by atomic mass is 35.5. The zero-order chi connectivity index (χ0) is 18.8. The van der Waals surface area contributed by atoms with Crippen LogP contribution in [0.2, 0.25) is 5.02 Å². The molecule has 138 valence electrons. The van der Waals surface area contributed by atoms with Crippen molar-refractivity contribution in [3.63, 3.8) is 0 Å². The number of fused-ring (bicyclic) bond motifs is 1. The fourth-order valence-electron chi connectivity index (χ4n) is 3.45. The lowest BCUT2D eigenvalue weighted by atomic mass is 9.96. The predicted octanol–water partition coefficient (Wildman–Crippen LogP) is 3.86. The molecule has 1 aliphatic rings. The topological polar surface area (TPSA) is 53.2 Å². The van der Waals surface area contributed by atoms with E-state index in [1.54, 1.807) is 6.07 Å². The molecule has 1 aliphatic heterocycles. The summed E-state index contributed by atoms with van der Waals surface area (Å²) in [6.07, 6.45) is 0.643. The van der Waals surface area contributed by atoms with Crippen molar-refractivity contribution in [3.8, 4) is 0 Å². The number of benzene rings is 3. The molecular weight excluding hydrogens is 365 g/mol. The fraction of sp³-hybridized carbons (Fsp3) is 0.190. The van der Waals surface area contributed by atoms with Crippen molar-refractivity contribution in [3.05, 3.63) is 82.6 Å². The molecule has 0 aliphatic carbocycles. The number of rotatable bonds is 4. The molecule has 3 aromatic rings. The maximum atomic E-state index is 13.2. The van der Waals surface area contributed by atoms with Crippen molar-refractivity contribution in [2.75, 3.05) is 0 Å². The van der Waals surface area contributed by atoms with E-state index in [9.17, 15) is 9.18 Å². The largest absolute Gasteiger partial charge is 0.351 e. The SMILES string of the molecule is O=C(NCc1ccc(F)c(Cl)c1)C1CC(c2cccc3ccccc23)NN1. The molecule has 3 N–H and O–H groups in total. The Bertz CT molecular complexity index is 989. The van der Waals surface area contributed by atoms with Crippen LogP contribution in [0.5, 0.6) is 0 Å². The van der Waals surface area contributed by atoms with Crippen LogP contribution >= 0.6 is 11.6 Å². The van der Waals surface area contributed by atoms with Crippen LogP contribution < -0.4 is 16.2 Å². The highest BCUT2D eigenvalue weighted by Crippen LogP contribution is 2.29. The van der Waals surface area contributed by atoms with Gasteiger partial charge in [0.05, 0.1) is 5.02 Å². The summed E-state index contributed by atoms with van der Waals surface area (Å²) in [4.78, 5) is 12.5. The van der Waals surface area contributed by atoms with Crippen molar-refractivity contribution >= 4 is 28.3 Å². The first-order valence-corrected chi connectivity index (χ1v) is 9.20. The summed E-state index contributed by atoms with van der Waals surface area (Å²) in [5, 5.41) is 5.29. The van der Waals surface area contributed by atoms with E-state index in [0.29, 0.717) is 13.0 Å². The van der Waals surface area contributed by atoms with Crippen molar-refractivity contribution in [2.24, 2.45) is 0 Å². The minimum absolute atomic E-state index is 0.0483. The summed E-state index contributed by atoms with van der Waals surface area (Å²) in [5.41, 5.74) is 8.23. The van der Waals surface area contributed by atoms with Gasteiger partial charge in [-0.2, -0.15) is 0 Å². The van der Waals surface area contributed by atoms with Crippen molar-refractivity contribution in [2.45, 2.75) is 25.0 Å². The van der Waals surface area contributed by atoms with Crippen LogP contribution in [0.4, 0.5) is 4.39 Å². The van der Waals surface area contributed by atoms with Crippen LogP contribution in [0.15, 0.2) is 60.7 Å². The van der Waals surface area contributed by atoms with Gasteiger partial charge in [0, 0.05) is 12.6 Å². The third kappa shape index (κ3) is 3.81. The Morgan fingerprint density at radius 3 is 2.78 bits per heavy atom. The number of hydrogen-bond donors (Lipinski definition) is 3. The van der Waals surface area contributed by atoms with Crippen LogP contribution in [0, 0.1) is 5.82 Å². The van der Waals surface area contributed by atoms with Crippen LogP contribution in [0.3, 0.4) is 0 Å². The smallest absolute Gasteiger partial charge is 0.238 e. The van der Waals surface area contributed by atoms with Crippen LogP contribution in [-0.4, -0.2) is 11.9 Å². The Labute approximate surface area is 161 Å². The molecule has 27 heavy (non-hydrogen) atoms. The number of nitrogens with one attached hydrogen (secondary N) is 3. The van der Waals surface area contributed by atoms with Gasteiger partial charge in [-0.3, -0.25) is 4.79 Å². The third-order valence-corrected chi connectivity index (χ3v) is 5.16. The molecule has 0 bridgehead atoms. The van der Waals surface area contributed by atoms with Crippen molar-refractivity contribution in [1.29, 1.82) is 0 Å². The lowest BCUT2D eigenvalue weighted by Gasteiger charge is -2.13. The summed E-state index contributed by atoms with van der Waals surface area (Å²) in [5.74, 6) is -0.572. The van der Waals surface area contributed by atoms with Crippen LogP contribution in [0.25, 0.3) is 10.8 Å². The predicted molar refractivity (Wildman–Crippen MR) is 105 cm³/mol. The molecule has 2 unspecified atom stereocenters. The number of halogens is 2. The lowest BCUT2D eigenvalue weighted by Crippen LogP contribution is -2.42. The molecule has 4 nitrogen and oxygen atoms in total. The molecule has 0 saturated carbocycles. The summed E-state index contributed by atoms with van der Waals surface area (Å²) < 4.78 is 13.2. The van der Waals surface area contributed by atoms with Crippen LogP contribution in [0.1, 0.15) is 23.6 Å². The summed E-state index contributed by atoms with van der Waals surface area (Å²) in [6, 6.07) is 18.6. The van der Waals surface area contributed by atoms with E-state index in [2.05, 4.69) is 40.4 Å². The van der Waals surface area contributed by atoms with E-state index in [-0.39, 0.29) is 23.0 Å². The second-order valence-electron chi connectivity index (χ2n) is 6.66. The van der Waals surface area contributed by atoms with E-state index >= 15 is 0 Å². The summed E-state index contributed by atoms with van der Waals surface area (Å²) in [6.45, 7) is 0.302. The van der Waals surface area contributed by atoms with E-state index < -0.39 is 5.82 Å². The highest BCUT2D eigenvalue weighted by Gasteiger charge is 2.30. The Balaban J connectivity index is 1.41. The van der Waals surface area contributed by atoms with Gasteiger partial charge in [-0.1, -0.05) is 60.1 Å².